The van der Waals surface area contributed by atoms with E-state index in [9.17, 15) is 0 Å². The van der Waals surface area contributed by atoms with Gasteiger partial charge in [0.25, 0.3) is 0 Å². The molecule has 1 N–H and O–H groups in total. The van der Waals surface area contributed by atoms with Crippen LogP contribution in [0.15, 0.2) is 12.4 Å². The fourth-order valence-electron chi connectivity index (χ4n) is 1.63. The van der Waals surface area contributed by atoms with Gasteiger partial charge in [0.2, 0.25) is 0 Å². The third-order valence-electron chi connectivity index (χ3n) is 2.62. The quantitative estimate of drug-likeness (QED) is 0.730. The summed E-state index contributed by atoms with van der Waals surface area (Å²) in [5.41, 5.74) is 1.30. The molecule has 15 heavy (non-hydrogen) atoms. The Balaban J connectivity index is 2.27. The molecule has 1 aromatic heterocycles. The normalized spacial score (nSPS) is 13.0. The third kappa shape index (κ3) is 4.44. The number of nitrogens with one attached hydrogen (secondary N) is 1. The minimum atomic E-state index is 0.533. The summed E-state index contributed by atoms with van der Waals surface area (Å²) in [6.45, 7) is 0.818. The highest BCUT2D eigenvalue weighted by Gasteiger charge is 2.06. The molecule has 1 unspecified atom stereocenters. The molecule has 0 saturated heterocycles. The zero-order valence-corrected chi connectivity index (χ0v) is 9.86. The Hall–Kier alpha value is -0.870. The molecule has 0 bridgehead atoms. The van der Waals surface area contributed by atoms with Crippen molar-refractivity contribution in [3.8, 4) is 0 Å². The maximum Gasteiger partial charge on any atom is 0.0521 e. The van der Waals surface area contributed by atoms with Crippen molar-refractivity contribution in [1.29, 1.82) is 0 Å². The van der Waals surface area contributed by atoms with E-state index in [1.54, 1.807) is 7.11 Å². The van der Waals surface area contributed by atoms with Crippen LogP contribution in [0.4, 0.5) is 0 Å². The second-order valence-corrected chi connectivity index (χ2v) is 3.83. The minimum Gasteiger partial charge on any atom is -0.385 e. The summed E-state index contributed by atoms with van der Waals surface area (Å²) in [5.74, 6) is 0. The Morgan fingerprint density at radius 2 is 2.33 bits per heavy atom. The number of nitrogens with zero attached hydrogens (tertiary/aromatic N) is 2. The summed E-state index contributed by atoms with van der Waals surface area (Å²) in [7, 11) is 5.70. The van der Waals surface area contributed by atoms with Crippen LogP contribution in [0.3, 0.4) is 0 Å². The van der Waals surface area contributed by atoms with E-state index in [0.717, 1.165) is 25.9 Å². The minimum absolute atomic E-state index is 0.533. The van der Waals surface area contributed by atoms with Crippen LogP contribution in [0.2, 0.25) is 0 Å². The maximum absolute atomic E-state index is 5.07. The zero-order valence-electron chi connectivity index (χ0n) is 9.86. The lowest BCUT2D eigenvalue weighted by molar-refractivity contribution is 0.182. The van der Waals surface area contributed by atoms with Crippen molar-refractivity contribution in [3.05, 3.63) is 18.0 Å². The van der Waals surface area contributed by atoms with Gasteiger partial charge in [-0.3, -0.25) is 4.68 Å². The predicted molar refractivity (Wildman–Crippen MR) is 60.9 cm³/mol. The van der Waals surface area contributed by atoms with E-state index in [-0.39, 0.29) is 0 Å². The second-order valence-electron chi connectivity index (χ2n) is 3.83. The molecule has 4 heteroatoms. The lowest BCUT2D eigenvalue weighted by atomic mass is 10.1. The molecule has 0 saturated carbocycles. The standard InChI is InChI=1S/C11H21N3O/c1-12-11(6-7-15-3)5-4-10-8-13-14(2)9-10/h8-9,11-12H,4-7H2,1-3H3. The number of hydrogen-bond acceptors (Lipinski definition) is 3. The first kappa shape index (κ1) is 12.2. The molecule has 0 aliphatic carbocycles. The highest BCUT2D eigenvalue weighted by Crippen LogP contribution is 2.06. The van der Waals surface area contributed by atoms with Crippen molar-refractivity contribution in [2.24, 2.45) is 7.05 Å². The van der Waals surface area contributed by atoms with E-state index in [2.05, 4.69) is 16.6 Å². The molecule has 0 amide bonds. The van der Waals surface area contributed by atoms with Gasteiger partial charge >= 0.3 is 0 Å². The topological polar surface area (TPSA) is 39.1 Å². The van der Waals surface area contributed by atoms with Gasteiger partial charge in [-0.25, -0.2) is 0 Å². The molecule has 0 aliphatic heterocycles. The van der Waals surface area contributed by atoms with Crippen molar-refractivity contribution in [3.63, 3.8) is 0 Å². The van der Waals surface area contributed by atoms with Gasteiger partial charge in [-0.15, -0.1) is 0 Å². The van der Waals surface area contributed by atoms with Crippen LogP contribution in [0.1, 0.15) is 18.4 Å². The SMILES string of the molecule is CNC(CCOC)CCc1cnn(C)c1. The molecule has 1 heterocycles. The van der Waals surface area contributed by atoms with Gasteiger partial charge in [-0.1, -0.05) is 0 Å². The summed E-state index contributed by atoms with van der Waals surface area (Å²) in [6, 6.07) is 0.533. The van der Waals surface area contributed by atoms with Crippen molar-refractivity contribution in [2.45, 2.75) is 25.3 Å². The van der Waals surface area contributed by atoms with Crippen LogP contribution >= 0.6 is 0 Å². The number of aromatic nitrogens is 2. The number of methoxy groups -OCH3 is 1. The van der Waals surface area contributed by atoms with E-state index >= 15 is 0 Å². The van der Waals surface area contributed by atoms with E-state index in [1.807, 2.05) is 25.0 Å². The summed E-state index contributed by atoms with van der Waals surface area (Å²) >= 11 is 0. The van der Waals surface area contributed by atoms with Crippen molar-refractivity contribution >= 4 is 0 Å². The highest BCUT2D eigenvalue weighted by atomic mass is 16.5. The van der Waals surface area contributed by atoms with Gasteiger partial charge in [0.1, 0.15) is 0 Å². The lowest BCUT2D eigenvalue weighted by Gasteiger charge is -2.14. The van der Waals surface area contributed by atoms with Gasteiger partial charge in [-0.05, 0) is 31.9 Å². The fourth-order valence-corrected chi connectivity index (χ4v) is 1.63. The molecule has 1 atom stereocenters. The number of ether oxygens (including phenoxy) is 1. The molecule has 1 rings (SSSR count). The molecule has 4 nitrogen and oxygen atoms in total. The number of aryl methyl sites for hydroxylation is 2. The molecular weight excluding hydrogens is 190 g/mol. The Labute approximate surface area is 91.6 Å². The van der Waals surface area contributed by atoms with Crippen LogP contribution in [0.25, 0.3) is 0 Å². The van der Waals surface area contributed by atoms with Crippen molar-refractivity contribution in [1.82, 2.24) is 15.1 Å². The van der Waals surface area contributed by atoms with E-state index in [1.165, 1.54) is 5.56 Å². The van der Waals surface area contributed by atoms with Gasteiger partial charge in [0.15, 0.2) is 0 Å². The molecule has 0 radical (unpaired) electrons. The van der Waals surface area contributed by atoms with Gasteiger partial charge < -0.3 is 10.1 Å². The fraction of sp³-hybridized carbons (Fsp3) is 0.727. The first-order valence-corrected chi connectivity index (χ1v) is 5.40. The second kappa shape index (κ2) is 6.58. The Morgan fingerprint density at radius 3 is 2.87 bits per heavy atom. The van der Waals surface area contributed by atoms with E-state index < -0.39 is 0 Å². The van der Waals surface area contributed by atoms with Crippen molar-refractivity contribution in [2.75, 3.05) is 20.8 Å². The Morgan fingerprint density at radius 1 is 1.53 bits per heavy atom. The van der Waals surface area contributed by atoms with Crippen molar-refractivity contribution < 1.29 is 4.74 Å². The van der Waals surface area contributed by atoms with Crippen LogP contribution in [0.5, 0.6) is 0 Å². The molecule has 0 aromatic carbocycles. The Bertz CT molecular complexity index is 273. The summed E-state index contributed by atoms with van der Waals surface area (Å²) in [5, 5.41) is 7.46. The lowest BCUT2D eigenvalue weighted by Crippen LogP contribution is -2.27. The molecule has 1 aromatic rings. The number of rotatable bonds is 7. The predicted octanol–water partition coefficient (Wildman–Crippen LogP) is 0.977. The average Bonchev–Trinajstić information content (AvgIpc) is 2.65. The van der Waals surface area contributed by atoms with Gasteiger partial charge in [0, 0.05) is 33.0 Å². The smallest absolute Gasteiger partial charge is 0.0521 e. The first-order chi connectivity index (χ1) is 7.26. The highest BCUT2D eigenvalue weighted by molar-refractivity contribution is 5.03. The molecular formula is C11H21N3O. The van der Waals surface area contributed by atoms with E-state index in [0.29, 0.717) is 6.04 Å². The third-order valence-corrected chi connectivity index (χ3v) is 2.62. The van der Waals surface area contributed by atoms with E-state index in [4.69, 9.17) is 4.74 Å². The first-order valence-electron chi connectivity index (χ1n) is 5.40. The van der Waals surface area contributed by atoms with Crippen LogP contribution in [0, 0.1) is 0 Å². The zero-order chi connectivity index (χ0) is 11.1. The molecule has 0 aliphatic rings. The summed E-state index contributed by atoms with van der Waals surface area (Å²) < 4.78 is 6.92. The maximum atomic E-state index is 5.07. The largest absolute Gasteiger partial charge is 0.385 e. The monoisotopic (exact) mass is 211 g/mol. The summed E-state index contributed by atoms with van der Waals surface area (Å²) in [4.78, 5) is 0. The Kier molecular flexibility index (Phi) is 5.36. The van der Waals surface area contributed by atoms with Gasteiger partial charge in [-0.2, -0.15) is 5.10 Å². The molecule has 0 spiro atoms. The van der Waals surface area contributed by atoms with Crippen LogP contribution in [-0.4, -0.2) is 36.6 Å². The van der Waals surface area contributed by atoms with Crippen LogP contribution < -0.4 is 5.32 Å². The molecule has 86 valence electrons. The van der Waals surface area contributed by atoms with Crippen LogP contribution in [-0.2, 0) is 18.2 Å². The average molecular weight is 211 g/mol. The summed E-state index contributed by atoms with van der Waals surface area (Å²) in [6.07, 6.45) is 7.27. The molecule has 0 fully saturated rings. The number of hydrogen-bond donors (Lipinski definition) is 1. The van der Waals surface area contributed by atoms with Gasteiger partial charge in [0.05, 0.1) is 6.20 Å².